The van der Waals surface area contributed by atoms with E-state index in [-0.39, 0.29) is 0 Å². The number of aryl methyl sites for hydroxylation is 1. The maximum absolute atomic E-state index is 5.46. The van der Waals surface area contributed by atoms with Gasteiger partial charge in [0.15, 0.2) is 10.6 Å². The summed E-state index contributed by atoms with van der Waals surface area (Å²) in [5, 5.41) is 4.47. The molecule has 22 heavy (non-hydrogen) atoms. The highest BCUT2D eigenvalue weighted by molar-refractivity contribution is 7.71. The predicted molar refractivity (Wildman–Crippen MR) is 85.2 cm³/mol. The van der Waals surface area contributed by atoms with Crippen LogP contribution in [-0.2, 0) is 13.6 Å². The van der Waals surface area contributed by atoms with E-state index in [4.69, 9.17) is 17.0 Å². The molecule has 3 aromatic rings. The fourth-order valence-electron chi connectivity index (χ4n) is 2.16. The number of methoxy groups -OCH3 is 1. The second-order valence-electron chi connectivity index (χ2n) is 4.75. The van der Waals surface area contributed by atoms with Gasteiger partial charge in [-0.15, -0.1) is 0 Å². The monoisotopic (exact) mass is 313 g/mol. The number of ether oxygens (including phenoxy) is 1. The number of aromatic nitrogens is 5. The van der Waals surface area contributed by atoms with Crippen LogP contribution in [0, 0.1) is 4.77 Å². The van der Waals surface area contributed by atoms with Gasteiger partial charge in [0, 0.05) is 7.05 Å². The lowest BCUT2D eigenvalue weighted by Gasteiger charge is -2.07. The van der Waals surface area contributed by atoms with Gasteiger partial charge in [0.25, 0.3) is 0 Å². The van der Waals surface area contributed by atoms with Crippen LogP contribution in [0.5, 0.6) is 5.88 Å². The van der Waals surface area contributed by atoms with Gasteiger partial charge in [-0.3, -0.25) is 9.55 Å². The maximum atomic E-state index is 5.46. The Bertz CT molecular complexity index is 841. The first kappa shape index (κ1) is 14.4. The first-order valence-corrected chi connectivity index (χ1v) is 7.14. The van der Waals surface area contributed by atoms with E-state index in [0.29, 0.717) is 28.7 Å². The normalized spacial score (nSPS) is 10.6. The summed E-state index contributed by atoms with van der Waals surface area (Å²) in [6, 6.07) is 10.1. The van der Waals surface area contributed by atoms with Gasteiger partial charge in [0.1, 0.15) is 5.69 Å². The molecule has 2 aromatic heterocycles. The summed E-state index contributed by atoms with van der Waals surface area (Å²) in [4.78, 5) is 8.53. The molecule has 0 saturated carbocycles. The van der Waals surface area contributed by atoms with Crippen molar-refractivity contribution < 1.29 is 4.74 Å². The molecule has 112 valence electrons. The minimum atomic E-state index is 0.445. The minimum absolute atomic E-state index is 0.445. The fourth-order valence-corrected chi connectivity index (χ4v) is 2.35. The predicted octanol–water partition coefficient (Wildman–Crippen LogP) is 2.46. The van der Waals surface area contributed by atoms with Gasteiger partial charge in [-0.2, -0.15) is 5.10 Å². The number of benzene rings is 1. The lowest BCUT2D eigenvalue weighted by molar-refractivity contribution is 0.396. The fraction of sp³-hybridized carbons (Fsp3) is 0.200. The lowest BCUT2D eigenvalue weighted by Crippen LogP contribution is -2.04. The highest BCUT2D eigenvalue weighted by Crippen LogP contribution is 2.18. The third-order valence-electron chi connectivity index (χ3n) is 3.24. The highest BCUT2D eigenvalue weighted by Gasteiger charge is 2.14. The van der Waals surface area contributed by atoms with E-state index in [1.54, 1.807) is 24.2 Å². The second kappa shape index (κ2) is 6.07. The van der Waals surface area contributed by atoms with Crippen molar-refractivity contribution in [3.05, 3.63) is 53.1 Å². The summed E-state index contributed by atoms with van der Waals surface area (Å²) in [5.74, 6) is 1.11. The molecule has 0 saturated heterocycles. The standard InChI is InChI=1S/C15H15N5OS/c1-19-15(22)20(10-11-6-4-3-5-7-11)14(18-19)12-8-16-9-13(17-12)21-2/h3-9H,10H2,1-2H3. The highest BCUT2D eigenvalue weighted by atomic mass is 32.1. The van der Waals surface area contributed by atoms with E-state index in [2.05, 4.69) is 27.2 Å². The SMILES string of the molecule is COc1cncc(-c2nn(C)c(=S)n2Cc2ccccc2)n1. The van der Waals surface area contributed by atoms with Crippen LogP contribution in [0.1, 0.15) is 5.56 Å². The molecular formula is C15H15N5OS. The Hall–Kier alpha value is -2.54. The average molecular weight is 313 g/mol. The van der Waals surface area contributed by atoms with Gasteiger partial charge in [-0.25, -0.2) is 9.67 Å². The van der Waals surface area contributed by atoms with Crippen LogP contribution in [0.25, 0.3) is 11.5 Å². The zero-order chi connectivity index (χ0) is 15.5. The molecular weight excluding hydrogens is 298 g/mol. The van der Waals surface area contributed by atoms with Crippen molar-refractivity contribution in [1.29, 1.82) is 0 Å². The first-order chi connectivity index (χ1) is 10.7. The largest absolute Gasteiger partial charge is 0.480 e. The summed E-state index contributed by atoms with van der Waals surface area (Å²) in [7, 11) is 3.38. The van der Waals surface area contributed by atoms with Crippen molar-refractivity contribution in [2.45, 2.75) is 6.54 Å². The molecule has 0 aliphatic heterocycles. The van der Waals surface area contributed by atoms with Crippen LogP contribution >= 0.6 is 12.2 Å². The van der Waals surface area contributed by atoms with E-state index in [9.17, 15) is 0 Å². The van der Waals surface area contributed by atoms with Crippen molar-refractivity contribution in [2.24, 2.45) is 7.05 Å². The zero-order valence-corrected chi connectivity index (χ0v) is 13.1. The molecule has 0 unspecified atom stereocenters. The molecule has 0 amide bonds. The van der Waals surface area contributed by atoms with Gasteiger partial charge < -0.3 is 4.74 Å². The van der Waals surface area contributed by atoms with Gasteiger partial charge in [0.05, 0.1) is 26.0 Å². The number of nitrogens with zero attached hydrogens (tertiary/aromatic N) is 5. The van der Waals surface area contributed by atoms with Gasteiger partial charge in [0.2, 0.25) is 5.88 Å². The molecule has 7 heteroatoms. The van der Waals surface area contributed by atoms with Crippen LogP contribution in [-0.4, -0.2) is 31.4 Å². The minimum Gasteiger partial charge on any atom is -0.480 e. The smallest absolute Gasteiger partial charge is 0.232 e. The van der Waals surface area contributed by atoms with Crippen molar-refractivity contribution in [3.8, 4) is 17.4 Å². The third kappa shape index (κ3) is 2.75. The van der Waals surface area contributed by atoms with E-state index < -0.39 is 0 Å². The summed E-state index contributed by atoms with van der Waals surface area (Å²) in [5.41, 5.74) is 1.77. The van der Waals surface area contributed by atoms with E-state index >= 15 is 0 Å². The topological polar surface area (TPSA) is 57.8 Å². The summed E-state index contributed by atoms with van der Waals surface area (Å²) < 4.78 is 9.36. The maximum Gasteiger partial charge on any atom is 0.232 e. The van der Waals surface area contributed by atoms with Crippen LogP contribution in [0.4, 0.5) is 0 Å². The third-order valence-corrected chi connectivity index (χ3v) is 3.73. The summed E-state index contributed by atoms with van der Waals surface area (Å²) in [6.45, 7) is 0.627. The molecule has 0 bridgehead atoms. The quantitative estimate of drug-likeness (QED) is 0.693. The van der Waals surface area contributed by atoms with E-state index in [0.717, 1.165) is 5.56 Å². The van der Waals surface area contributed by atoms with Crippen molar-refractivity contribution in [2.75, 3.05) is 7.11 Å². The molecule has 1 aromatic carbocycles. The summed E-state index contributed by atoms with van der Waals surface area (Å²) in [6.07, 6.45) is 3.21. The van der Waals surface area contributed by atoms with Crippen LogP contribution in [0.2, 0.25) is 0 Å². The zero-order valence-electron chi connectivity index (χ0n) is 12.3. The molecule has 0 N–H and O–H groups in total. The van der Waals surface area contributed by atoms with Crippen LogP contribution in [0.3, 0.4) is 0 Å². The average Bonchev–Trinajstić information content (AvgIpc) is 2.84. The number of hydrogen-bond donors (Lipinski definition) is 0. The van der Waals surface area contributed by atoms with E-state index in [1.165, 1.54) is 0 Å². The number of hydrogen-bond acceptors (Lipinski definition) is 5. The Morgan fingerprint density at radius 2 is 1.95 bits per heavy atom. The number of rotatable bonds is 4. The molecule has 6 nitrogen and oxygen atoms in total. The molecule has 0 aliphatic carbocycles. The Morgan fingerprint density at radius 3 is 2.68 bits per heavy atom. The molecule has 0 aliphatic rings. The van der Waals surface area contributed by atoms with Crippen molar-refractivity contribution in [3.63, 3.8) is 0 Å². The van der Waals surface area contributed by atoms with Crippen molar-refractivity contribution >= 4 is 12.2 Å². The molecule has 0 spiro atoms. The van der Waals surface area contributed by atoms with Gasteiger partial charge in [-0.1, -0.05) is 30.3 Å². The first-order valence-electron chi connectivity index (χ1n) is 6.73. The lowest BCUT2D eigenvalue weighted by atomic mass is 10.2. The Kier molecular flexibility index (Phi) is 3.97. The molecule has 2 heterocycles. The van der Waals surface area contributed by atoms with Crippen LogP contribution < -0.4 is 4.74 Å². The molecule has 0 radical (unpaired) electrons. The Morgan fingerprint density at radius 1 is 1.18 bits per heavy atom. The molecule has 3 rings (SSSR count). The molecule has 0 atom stereocenters. The Balaban J connectivity index is 2.08. The Labute approximate surface area is 133 Å². The van der Waals surface area contributed by atoms with E-state index in [1.807, 2.05) is 29.8 Å². The molecule has 0 fully saturated rings. The van der Waals surface area contributed by atoms with Crippen LogP contribution in [0.15, 0.2) is 42.7 Å². The van der Waals surface area contributed by atoms with Gasteiger partial charge >= 0.3 is 0 Å². The van der Waals surface area contributed by atoms with Crippen molar-refractivity contribution in [1.82, 2.24) is 24.3 Å². The second-order valence-corrected chi connectivity index (χ2v) is 5.11. The summed E-state index contributed by atoms with van der Waals surface area (Å²) >= 11 is 5.46. The van der Waals surface area contributed by atoms with Gasteiger partial charge in [-0.05, 0) is 17.8 Å².